The number of nitrogens with zero attached hydrogens (tertiary/aromatic N) is 4. The van der Waals surface area contributed by atoms with E-state index >= 15 is 0 Å². The number of anilines is 2. The first-order chi connectivity index (χ1) is 14.2. The van der Waals surface area contributed by atoms with Crippen molar-refractivity contribution in [1.29, 1.82) is 0 Å². The lowest BCUT2D eigenvalue weighted by molar-refractivity contribution is 0.0928. The molecule has 0 aliphatic rings. The first kappa shape index (κ1) is 18.8. The molecule has 0 aliphatic carbocycles. The maximum absolute atomic E-state index is 12.8. The van der Waals surface area contributed by atoms with Crippen LogP contribution in [0.5, 0.6) is 0 Å². The Morgan fingerprint density at radius 3 is 2.59 bits per heavy atom. The van der Waals surface area contributed by atoms with Crippen molar-refractivity contribution in [2.45, 2.75) is 26.8 Å². The fraction of sp³-hybridized carbons (Fsp3) is 0.217. The molecule has 2 aromatic carbocycles. The Bertz CT molecular complexity index is 1140. The Kier molecular flexibility index (Phi) is 5.33. The molecule has 6 nitrogen and oxygen atoms in total. The van der Waals surface area contributed by atoms with Gasteiger partial charge in [-0.05, 0) is 24.1 Å². The topological polar surface area (TPSA) is 72.7 Å². The first-order valence-electron chi connectivity index (χ1n) is 9.77. The minimum absolute atomic E-state index is 0.0338. The second-order valence-electron chi connectivity index (χ2n) is 7.10. The molecule has 0 amide bonds. The van der Waals surface area contributed by atoms with E-state index in [1.54, 1.807) is 6.33 Å². The molecular weight excluding hydrogens is 362 g/mol. The lowest BCUT2D eigenvalue weighted by Gasteiger charge is -2.13. The number of benzene rings is 2. The molecule has 4 rings (SSSR count). The average Bonchev–Trinajstić information content (AvgIpc) is 3.17. The van der Waals surface area contributed by atoms with Gasteiger partial charge in [-0.1, -0.05) is 56.3 Å². The van der Waals surface area contributed by atoms with E-state index in [0.717, 1.165) is 17.8 Å². The molecule has 6 heteroatoms. The Labute approximate surface area is 169 Å². The molecule has 2 heterocycles. The van der Waals surface area contributed by atoms with Crippen LogP contribution in [0.2, 0.25) is 0 Å². The zero-order valence-electron chi connectivity index (χ0n) is 16.5. The monoisotopic (exact) mass is 385 g/mol. The number of hydrogen-bond acceptors (Lipinski definition) is 5. The predicted octanol–water partition coefficient (Wildman–Crippen LogP) is 4.85. The van der Waals surface area contributed by atoms with Crippen molar-refractivity contribution in [3.05, 3.63) is 78.4 Å². The van der Waals surface area contributed by atoms with E-state index in [9.17, 15) is 4.79 Å². The summed E-state index contributed by atoms with van der Waals surface area (Å²) in [6.45, 7) is 4.65. The van der Waals surface area contributed by atoms with Crippen LogP contribution in [-0.4, -0.2) is 25.3 Å². The number of imidazole rings is 1. The summed E-state index contributed by atoms with van der Waals surface area (Å²) in [7, 11) is 0. The summed E-state index contributed by atoms with van der Waals surface area (Å²) in [6.07, 6.45) is 4.09. The van der Waals surface area contributed by atoms with Crippen LogP contribution < -0.4 is 5.32 Å². The van der Waals surface area contributed by atoms with Gasteiger partial charge < -0.3 is 9.88 Å². The quantitative estimate of drug-likeness (QED) is 0.461. The van der Waals surface area contributed by atoms with Crippen LogP contribution >= 0.6 is 0 Å². The third kappa shape index (κ3) is 3.87. The smallest absolute Gasteiger partial charge is 0.167 e. The van der Waals surface area contributed by atoms with Crippen LogP contribution in [0.4, 0.5) is 11.5 Å². The maximum atomic E-state index is 12.8. The number of carbonyl (C=O) groups excluding carboxylic acids is 1. The molecule has 1 unspecified atom stereocenters. The number of fused-ring (bicyclic) bond motifs is 1. The van der Waals surface area contributed by atoms with Crippen molar-refractivity contribution in [2.75, 3.05) is 5.32 Å². The van der Waals surface area contributed by atoms with Crippen LogP contribution in [0, 0.1) is 5.92 Å². The summed E-state index contributed by atoms with van der Waals surface area (Å²) >= 11 is 0. The second-order valence-corrected chi connectivity index (χ2v) is 7.10. The summed E-state index contributed by atoms with van der Waals surface area (Å²) in [4.78, 5) is 26.1. The van der Waals surface area contributed by atoms with Gasteiger partial charge >= 0.3 is 0 Å². The molecule has 29 heavy (non-hydrogen) atoms. The zero-order chi connectivity index (χ0) is 20.2. The SMILES string of the molecule is CCC(C)C(=O)c1ccccc1Nc1ncnc2c1ncn2Cc1ccccc1. The molecule has 0 aliphatic heterocycles. The van der Waals surface area contributed by atoms with Crippen molar-refractivity contribution in [3.8, 4) is 0 Å². The summed E-state index contributed by atoms with van der Waals surface area (Å²) in [5.41, 5.74) is 3.99. The lowest BCUT2D eigenvalue weighted by Crippen LogP contribution is -2.12. The maximum Gasteiger partial charge on any atom is 0.167 e. The van der Waals surface area contributed by atoms with Crippen molar-refractivity contribution >= 4 is 28.5 Å². The largest absolute Gasteiger partial charge is 0.338 e. The van der Waals surface area contributed by atoms with E-state index in [-0.39, 0.29) is 11.7 Å². The number of Topliss-reactive ketones (excluding diaryl/α,β-unsaturated/α-hetero) is 1. The van der Waals surface area contributed by atoms with E-state index in [0.29, 0.717) is 23.4 Å². The average molecular weight is 385 g/mol. The Morgan fingerprint density at radius 2 is 1.79 bits per heavy atom. The van der Waals surface area contributed by atoms with Crippen molar-refractivity contribution < 1.29 is 4.79 Å². The van der Waals surface area contributed by atoms with Gasteiger partial charge in [0.05, 0.1) is 18.6 Å². The highest BCUT2D eigenvalue weighted by molar-refractivity contribution is 6.03. The van der Waals surface area contributed by atoms with Crippen LogP contribution in [0.15, 0.2) is 67.3 Å². The second kappa shape index (κ2) is 8.22. The Morgan fingerprint density at radius 1 is 1.03 bits per heavy atom. The lowest BCUT2D eigenvalue weighted by atomic mass is 9.96. The molecule has 0 fully saturated rings. The molecule has 4 aromatic rings. The summed E-state index contributed by atoms with van der Waals surface area (Å²) < 4.78 is 1.99. The molecule has 0 bridgehead atoms. The zero-order valence-corrected chi connectivity index (χ0v) is 16.5. The van der Waals surface area contributed by atoms with E-state index in [1.807, 2.05) is 60.9 Å². The number of para-hydroxylation sites is 1. The number of hydrogen-bond donors (Lipinski definition) is 1. The molecule has 146 valence electrons. The van der Waals surface area contributed by atoms with Gasteiger partial charge in [0.1, 0.15) is 6.33 Å². The van der Waals surface area contributed by atoms with Crippen molar-refractivity contribution in [2.24, 2.45) is 5.92 Å². The normalized spacial score (nSPS) is 12.1. The summed E-state index contributed by atoms with van der Waals surface area (Å²) in [5.74, 6) is 0.676. The van der Waals surface area contributed by atoms with Crippen LogP contribution in [-0.2, 0) is 6.54 Å². The highest BCUT2D eigenvalue weighted by Crippen LogP contribution is 2.26. The molecule has 0 saturated carbocycles. The van der Waals surface area contributed by atoms with E-state index in [2.05, 4.69) is 32.4 Å². The fourth-order valence-corrected chi connectivity index (χ4v) is 3.25. The number of rotatable bonds is 7. The Hall–Kier alpha value is -3.54. The number of carbonyl (C=O) groups is 1. The fourth-order valence-electron chi connectivity index (χ4n) is 3.25. The highest BCUT2D eigenvalue weighted by Gasteiger charge is 2.18. The first-order valence-corrected chi connectivity index (χ1v) is 9.77. The standard InChI is InChI=1S/C23H23N5O/c1-3-16(2)21(29)18-11-7-8-12-19(18)27-22-20-23(25-14-24-22)28(15-26-20)13-17-9-5-4-6-10-17/h4-12,14-16H,3,13H2,1-2H3,(H,24,25,27). The van der Waals surface area contributed by atoms with Gasteiger partial charge in [0.25, 0.3) is 0 Å². The molecule has 0 radical (unpaired) electrons. The Balaban J connectivity index is 1.67. The van der Waals surface area contributed by atoms with Crippen LogP contribution in [0.1, 0.15) is 36.2 Å². The van der Waals surface area contributed by atoms with Gasteiger partial charge in [0.2, 0.25) is 0 Å². The van der Waals surface area contributed by atoms with E-state index in [1.165, 1.54) is 11.9 Å². The van der Waals surface area contributed by atoms with Gasteiger partial charge in [0, 0.05) is 11.5 Å². The van der Waals surface area contributed by atoms with E-state index in [4.69, 9.17) is 0 Å². The number of nitrogens with one attached hydrogen (secondary N) is 1. The van der Waals surface area contributed by atoms with E-state index < -0.39 is 0 Å². The molecule has 1 atom stereocenters. The number of aromatic nitrogens is 4. The highest BCUT2D eigenvalue weighted by atomic mass is 16.1. The minimum Gasteiger partial charge on any atom is -0.338 e. The molecule has 2 aromatic heterocycles. The molecule has 0 saturated heterocycles. The summed E-state index contributed by atoms with van der Waals surface area (Å²) in [6, 6.07) is 17.7. The summed E-state index contributed by atoms with van der Waals surface area (Å²) in [5, 5.41) is 3.30. The number of ketones is 1. The van der Waals surface area contributed by atoms with Crippen LogP contribution in [0.3, 0.4) is 0 Å². The van der Waals surface area contributed by atoms with Gasteiger partial charge in [-0.15, -0.1) is 0 Å². The van der Waals surface area contributed by atoms with Crippen LogP contribution in [0.25, 0.3) is 11.2 Å². The van der Waals surface area contributed by atoms with Gasteiger partial charge in [-0.2, -0.15) is 0 Å². The van der Waals surface area contributed by atoms with Crippen molar-refractivity contribution in [1.82, 2.24) is 19.5 Å². The van der Waals surface area contributed by atoms with Gasteiger partial charge in [0.15, 0.2) is 22.8 Å². The third-order valence-electron chi connectivity index (χ3n) is 5.10. The third-order valence-corrected chi connectivity index (χ3v) is 5.10. The molecular formula is C23H23N5O. The predicted molar refractivity (Wildman–Crippen MR) is 114 cm³/mol. The molecule has 1 N–H and O–H groups in total. The minimum atomic E-state index is -0.0338. The van der Waals surface area contributed by atoms with Gasteiger partial charge in [-0.25, -0.2) is 15.0 Å². The molecule has 0 spiro atoms. The van der Waals surface area contributed by atoms with Gasteiger partial charge in [-0.3, -0.25) is 4.79 Å². The van der Waals surface area contributed by atoms with Crippen molar-refractivity contribution in [3.63, 3.8) is 0 Å².